The molecule has 0 bridgehead atoms. The quantitative estimate of drug-likeness (QED) is 0.420. The topological polar surface area (TPSA) is 73.3 Å². The normalized spacial score (nSPS) is 17.4. The Kier molecular flexibility index (Phi) is 5.75. The van der Waals surface area contributed by atoms with E-state index in [4.69, 9.17) is 9.47 Å². The van der Waals surface area contributed by atoms with Gasteiger partial charge in [-0.2, -0.15) is 0 Å². The maximum Gasteiger partial charge on any atom is 0.231 e. The first-order chi connectivity index (χ1) is 15.4. The molecule has 32 heavy (non-hydrogen) atoms. The molecule has 0 saturated heterocycles. The van der Waals surface area contributed by atoms with Crippen LogP contribution in [0, 0.1) is 11.3 Å². The fourth-order valence-electron chi connectivity index (χ4n) is 4.37. The van der Waals surface area contributed by atoms with Crippen LogP contribution in [0.5, 0.6) is 11.5 Å². The minimum Gasteiger partial charge on any atom is -0.454 e. The third-order valence-corrected chi connectivity index (χ3v) is 8.45. The lowest BCUT2D eigenvalue weighted by Crippen LogP contribution is -2.26. The summed E-state index contributed by atoms with van der Waals surface area (Å²) >= 11 is 3.29. The summed E-state index contributed by atoms with van der Waals surface area (Å²) in [5.74, 6) is 2.47. The van der Waals surface area contributed by atoms with Crippen LogP contribution in [0.1, 0.15) is 43.2 Å². The Hall–Kier alpha value is -2.32. The summed E-state index contributed by atoms with van der Waals surface area (Å²) < 4.78 is 10.7. The number of nitrogens with one attached hydrogen (secondary N) is 1. The number of carbonyl (C=O) groups is 1. The van der Waals surface area contributed by atoms with Crippen LogP contribution in [-0.2, 0) is 24.2 Å². The van der Waals surface area contributed by atoms with Crippen molar-refractivity contribution in [3.05, 3.63) is 40.5 Å². The molecule has 3 aromatic rings. The Balaban J connectivity index is 1.25. The van der Waals surface area contributed by atoms with Gasteiger partial charge in [-0.1, -0.05) is 38.6 Å². The van der Waals surface area contributed by atoms with E-state index < -0.39 is 0 Å². The van der Waals surface area contributed by atoms with Crippen molar-refractivity contribution in [3.63, 3.8) is 0 Å². The second-order valence-corrected chi connectivity index (χ2v) is 11.5. The number of fused-ring (bicyclic) bond motifs is 4. The average molecular weight is 470 g/mol. The van der Waals surface area contributed by atoms with Gasteiger partial charge in [-0.3, -0.25) is 4.79 Å². The molecule has 3 heterocycles. The number of hydrogen-bond donors (Lipinski definition) is 1. The van der Waals surface area contributed by atoms with E-state index in [-0.39, 0.29) is 12.7 Å². The van der Waals surface area contributed by atoms with E-state index in [1.54, 1.807) is 17.7 Å². The first kappa shape index (κ1) is 21.5. The van der Waals surface area contributed by atoms with Crippen molar-refractivity contribution in [1.29, 1.82) is 0 Å². The number of aryl methyl sites for hydroxylation is 1. The van der Waals surface area contributed by atoms with Gasteiger partial charge < -0.3 is 14.8 Å². The van der Waals surface area contributed by atoms with Gasteiger partial charge in [0.05, 0.1) is 5.75 Å². The van der Waals surface area contributed by atoms with E-state index in [0.717, 1.165) is 45.1 Å². The number of amides is 1. The van der Waals surface area contributed by atoms with E-state index in [2.05, 4.69) is 36.1 Å². The number of thiophene rings is 1. The molecule has 1 aliphatic carbocycles. The van der Waals surface area contributed by atoms with Gasteiger partial charge in [0.1, 0.15) is 16.2 Å². The number of hydrogen-bond acceptors (Lipinski definition) is 7. The highest BCUT2D eigenvalue weighted by molar-refractivity contribution is 8.00. The van der Waals surface area contributed by atoms with Gasteiger partial charge >= 0.3 is 0 Å². The first-order valence-corrected chi connectivity index (χ1v) is 12.7. The van der Waals surface area contributed by atoms with Gasteiger partial charge in [0.15, 0.2) is 11.5 Å². The van der Waals surface area contributed by atoms with Crippen LogP contribution in [-0.4, -0.2) is 28.4 Å². The van der Waals surface area contributed by atoms with Crippen molar-refractivity contribution in [1.82, 2.24) is 15.3 Å². The van der Waals surface area contributed by atoms with Crippen molar-refractivity contribution < 1.29 is 14.3 Å². The Bertz CT molecular complexity index is 1170. The van der Waals surface area contributed by atoms with Crippen molar-refractivity contribution >= 4 is 39.2 Å². The monoisotopic (exact) mass is 469 g/mol. The smallest absolute Gasteiger partial charge is 0.231 e. The molecule has 5 rings (SSSR count). The zero-order chi connectivity index (χ0) is 22.3. The van der Waals surface area contributed by atoms with E-state index in [1.165, 1.54) is 28.6 Å². The number of ether oxygens (including phenoxy) is 2. The Morgan fingerprint density at radius 3 is 2.94 bits per heavy atom. The van der Waals surface area contributed by atoms with Crippen LogP contribution in [0.3, 0.4) is 0 Å². The van der Waals surface area contributed by atoms with Crippen LogP contribution >= 0.6 is 23.1 Å². The molecule has 1 amide bonds. The number of aromatic nitrogens is 2. The van der Waals surface area contributed by atoms with E-state index in [0.29, 0.717) is 23.6 Å². The van der Waals surface area contributed by atoms with Crippen LogP contribution in [0.15, 0.2) is 29.6 Å². The van der Waals surface area contributed by atoms with E-state index in [9.17, 15) is 4.79 Å². The molecule has 1 N–H and O–H groups in total. The lowest BCUT2D eigenvalue weighted by molar-refractivity contribution is -0.118. The number of benzene rings is 1. The number of nitrogens with zero attached hydrogens (tertiary/aromatic N) is 2. The highest BCUT2D eigenvalue weighted by Gasteiger charge is 2.31. The summed E-state index contributed by atoms with van der Waals surface area (Å²) in [7, 11) is 0. The van der Waals surface area contributed by atoms with Crippen molar-refractivity contribution in [2.24, 2.45) is 11.3 Å². The van der Waals surface area contributed by atoms with E-state index in [1.807, 2.05) is 18.2 Å². The summed E-state index contributed by atoms with van der Waals surface area (Å²) in [5.41, 5.74) is 2.69. The molecule has 0 unspecified atom stereocenters. The third kappa shape index (κ3) is 4.30. The molecular formula is C24H27N3O3S2. The van der Waals surface area contributed by atoms with Gasteiger partial charge in [-0.25, -0.2) is 9.97 Å². The van der Waals surface area contributed by atoms with Gasteiger partial charge in [0, 0.05) is 16.8 Å². The summed E-state index contributed by atoms with van der Waals surface area (Å²) in [6.45, 7) is 7.70. The highest BCUT2D eigenvalue weighted by Crippen LogP contribution is 2.44. The van der Waals surface area contributed by atoms with Crippen molar-refractivity contribution in [3.8, 4) is 11.5 Å². The fourth-order valence-corrected chi connectivity index (χ4v) is 6.55. The largest absolute Gasteiger partial charge is 0.454 e. The van der Waals surface area contributed by atoms with E-state index >= 15 is 0 Å². The highest BCUT2D eigenvalue weighted by atomic mass is 32.2. The fraction of sp³-hybridized carbons (Fsp3) is 0.458. The Morgan fingerprint density at radius 2 is 2.09 bits per heavy atom. The second kappa shape index (κ2) is 8.56. The third-order valence-electron chi connectivity index (χ3n) is 6.30. The zero-order valence-electron chi connectivity index (χ0n) is 18.6. The maximum atomic E-state index is 12.5. The lowest BCUT2D eigenvalue weighted by Gasteiger charge is -2.33. The van der Waals surface area contributed by atoms with Gasteiger partial charge in [0.25, 0.3) is 0 Å². The molecular weight excluding hydrogens is 442 g/mol. The molecule has 2 aliphatic rings. The molecule has 8 heteroatoms. The molecule has 0 fully saturated rings. The number of rotatable bonds is 5. The molecule has 0 saturated carbocycles. The Morgan fingerprint density at radius 1 is 1.25 bits per heavy atom. The molecule has 6 nitrogen and oxygen atoms in total. The van der Waals surface area contributed by atoms with Gasteiger partial charge in [-0.15, -0.1) is 11.3 Å². The van der Waals surface area contributed by atoms with Gasteiger partial charge in [-0.05, 0) is 53.9 Å². The molecule has 0 spiro atoms. The van der Waals surface area contributed by atoms with Gasteiger partial charge in [0.2, 0.25) is 12.7 Å². The van der Waals surface area contributed by atoms with Crippen molar-refractivity contribution in [2.45, 2.75) is 51.6 Å². The van der Waals surface area contributed by atoms with Crippen molar-refractivity contribution in [2.75, 3.05) is 12.5 Å². The molecule has 1 aromatic carbocycles. The zero-order valence-corrected chi connectivity index (χ0v) is 20.2. The molecule has 2 aromatic heterocycles. The summed E-state index contributed by atoms with van der Waals surface area (Å²) in [4.78, 5) is 24.1. The lowest BCUT2D eigenvalue weighted by atomic mass is 9.72. The molecule has 1 atom stereocenters. The number of thioether (sulfide) groups is 1. The van der Waals surface area contributed by atoms with Crippen LogP contribution < -0.4 is 14.8 Å². The number of carbonyl (C=O) groups excluding carboxylic acids is 1. The Labute approximate surface area is 196 Å². The second-order valence-electron chi connectivity index (χ2n) is 9.42. The molecule has 0 radical (unpaired) electrons. The SMILES string of the molecule is CC(C)(C)[C@H]1CCc2c(sc3ncnc(SCC(=O)NCc4ccc5c(c4)OCO5)c23)C1. The summed E-state index contributed by atoms with van der Waals surface area (Å²) in [6.07, 6.45) is 4.99. The van der Waals surface area contributed by atoms with Crippen LogP contribution in [0.2, 0.25) is 0 Å². The maximum absolute atomic E-state index is 12.5. The average Bonchev–Trinajstić information content (AvgIpc) is 3.39. The molecule has 1 aliphatic heterocycles. The molecule has 168 valence electrons. The predicted octanol–water partition coefficient (Wildman–Crippen LogP) is 4.98. The minimum absolute atomic E-state index is 0.0173. The van der Waals surface area contributed by atoms with Crippen LogP contribution in [0.4, 0.5) is 0 Å². The van der Waals surface area contributed by atoms with Crippen LogP contribution in [0.25, 0.3) is 10.2 Å². The minimum atomic E-state index is -0.0173. The summed E-state index contributed by atoms with van der Waals surface area (Å²) in [5, 5.41) is 5.07. The predicted molar refractivity (Wildman–Crippen MR) is 128 cm³/mol. The summed E-state index contributed by atoms with van der Waals surface area (Å²) in [6, 6.07) is 5.73. The standard InChI is InChI=1S/C24H27N3O3S2/c1-24(2,3)15-5-6-16-19(9-15)32-23-21(16)22(26-12-27-23)31-11-20(28)25-10-14-4-7-17-18(8-14)30-13-29-17/h4,7-8,12,15H,5-6,9-11,13H2,1-3H3,(H,25,28)/t15-/m0/s1. The first-order valence-electron chi connectivity index (χ1n) is 10.9.